The van der Waals surface area contributed by atoms with E-state index in [4.69, 9.17) is 4.74 Å². The van der Waals surface area contributed by atoms with Crippen LogP contribution in [0.15, 0.2) is 30.3 Å². The molecule has 1 unspecified atom stereocenters. The lowest BCUT2D eigenvalue weighted by Crippen LogP contribution is -2.26. The Hall–Kier alpha value is -1.51. The first-order valence-corrected chi connectivity index (χ1v) is 7.69. The fraction of sp³-hybridized carbons (Fsp3) is 0.588. The molecule has 1 saturated heterocycles. The molecular weight excluding hydrogens is 250 g/mol. The summed E-state index contributed by atoms with van der Waals surface area (Å²) in [5, 5.41) is 2.86. The molecule has 0 bridgehead atoms. The second-order valence-corrected chi connectivity index (χ2v) is 5.20. The monoisotopic (exact) mass is 277 g/mol. The fourth-order valence-corrected chi connectivity index (χ4v) is 1.94. The first-order valence-electron chi connectivity index (χ1n) is 7.69. The SMILES string of the molecule is CC1CCCCNC1=O.CCCCOc1ccccc1. The van der Waals surface area contributed by atoms with Crippen LogP contribution in [-0.4, -0.2) is 19.1 Å². The lowest BCUT2D eigenvalue weighted by molar-refractivity contribution is -0.124. The number of amides is 1. The van der Waals surface area contributed by atoms with Gasteiger partial charge in [0.1, 0.15) is 5.75 Å². The predicted octanol–water partition coefficient (Wildman–Crippen LogP) is 3.79. The average Bonchev–Trinajstić information content (AvgIpc) is 2.66. The van der Waals surface area contributed by atoms with Gasteiger partial charge in [0, 0.05) is 12.5 Å². The second-order valence-electron chi connectivity index (χ2n) is 5.20. The van der Waals surface area contributed by atoms with Gasteiger partial charge in [0.2, 0.25) is 5.91 Å². The number of ether oxygens (including phenoxy) is 1. The van der Waals surface area contributed by atoms with Crippen molar-refractivity contribution in [3.05, 3.63) is 30.3 Å². The van der Waals surface area contributed by atoms with Crippen molar-refractivity contribution in [3.8, 4) is 5.75 Å². The van der Waals surface area contributed by atoms with E-state index in [1.807, 2.05) is 37.3 Å². The van der Waals surface area contributed by atoms with Crippen LogP contribution >= 0.6 is 0 Å². The van der Waals surface area contributed by atoms with Crippen molar-refractivity contribution in [1.29, 1.82) is 0 Å². The Morgan fingerprint density at radius 2 is 2.00 bits per heavy atom. The van der Waals surface area contributed by atoms with Gasteiger partial charge in [-0.15, -0.1) is 0 Å². The van der Waals surface area contributed by atoms with Gasteiger partial charge in [0.25, 0.3) is 0 Å². The summed E-state index contributed by atoms with van der Waals surface area (Å²) >= 11 is 0. The number of hydrogen-bond acceptors (Lipinski definition) is 2. The summed E-state index contributed by atoms with van der Waals surface area (Å²) in [5.41, 5.74) is 0. The zero-order valence-corrected chi connectivity index (χ0v) is 12.7. The highest BCUT2D eigenvalue weighted by atomic mass is 16.5. The van der Waals surface area contributed by atoms with Crippen LogP contribution in [0.4, 0.5) is 0 Å². The molecule has 3 heteroatoms. The first kappa shape index (κ1) is 16.5. The number of carbonyl (C=O) groups excluding carboxylic acids is 1. The normalized spacial score (nSPS) is 18.3. The second kappa shape index (κ2) is 10.3. The molecule has 1 heterocycles. The summed E-state index contributed by atoms with van der Waals surface area (Å²) in [6, 6.07) is 9.93. The molecule has 112 valence electrons. The molecule has 0 aromatic heterocycles. The van der Waals surface area contributed by atoms with Crippen molar-refractivity contribution in [2.45, 2.75) is 46.0 Å². The highest BCUT2D eigenvalue weighted by molar-refractivity contribution is 5.78. The van der Waals surface area contributed by atoms with Crippen LogP contribution in [0.5, 0.6) is 5.75 Å². The van der Waals surface area contributed by atoms with Crippen LogP contribution in [0, 0.1) is 5.92 Å². The molecule has 0 saturated carbocycles. The van der Waals surface area contributed by atoms with Crippen LogP contribution < -0.4 is 10.1 Å². The Kier molecular flexibility index (Phi) is 8.52. The molecule has 0 aliphatic carbocycles. The van der Waals surface area contributed by atoms with Gasteiger partial charge >= 0.3 is 0 Å². The summed E-state index contributed by atoms with van der Waals surface area (Å²) in [6.45, 7) is 5.86. The van der Waals surface area contributed by atoms with Crippen molar-refractivity contribution in [2.75, 3.05) is 13.2 Å². The van der Waals surface area contributed by atoms with Crippen LogP contribution in [-0.2, 0) is 4.79 Å². The van der Waals surface area contributed by atoms with Gasteiger partial charge in [-0.2, -0.15) is 0 Å². The van der Waals surface area contributed by atoms with E-state index in [2.05, 4.69) is 12.2 Å². The fourth-order valence-electron chi connectivity index (χ4n) is 1.94. The number of hydrogen-bond donors (Lipinski definition) is 1. The highest BCUT2D eigenvalue weighted by Gasteiger charge is 2.14. The van der Waals surface area contributed by atoms with Gasteiger partial charge in [-0.3, -0.25) is 4.79 Å². The first-order chi connectivity index (χ1) is 9.74. The molecule has 0 spiro atoms. The molecule has 1 N–H and O–H groups in total. The minimum absolute atomic E-state index is 0.229. The van der Waals surface area contributed by atoms with E-state index in [9.17, 15) is 4.79 Å². The van der Waals surface area contributed by atoms with Crippen LogP contribution in [0.25, 0.3) is 0 Å². The van der Waals surface area contributed by atoms with Crippen molar-refractivity contribution < 1.29 is 9.53 Å². The average molecular weight is 277 g/mol. The highest BCUT2D eigenvalue weighted by Crippen LogP contribution is 2.10. The molecular formula is C17H27NO2. The van der Waals surface area contributed by atoms with Gasteiger partial charge in [0.05, 0.1) is 6.61 Å². The molecule has 0 radical (unpaired) electrons. The number of unbranched alkanes of at least 4 members (excludes halogenated alkanes) is 1. The van der Waals surface area contributed by atoms with Crippen LogP contribution in [0.3, 0.4) is 0 Å². The van der Waals surface area contributed by atoms with E-state index < -0.39 is 0 Å². The summed E-state index contributed by atoms with van der Waals surface area (Å²) in [7, 11) is 0. The smallest absolute Gasteiger partial charge is 0.222 e. The molecule has 1 aliphatic rings. The molecule has 1 aromatic rings. The summed E-state index contributed by atoms with van der Waals surface area (Å²) in [5.74, 6) is 1.45. The minimum atomic E-state index is 0.229. The molecule has 1 atom stereocenters. The third-order valence-corrected chi connectivity index (χ3v) is 3.32. The number of nitrogens with one attached hydrogen (secondary N) is 1. The van der Waals surface area contributed by atoms with E-state index in [-0.39, 0.29) is 11.8 Å². The van der Waals surface area contributed by atoms with E-state index in [1.165, 1.54) is 12.8 Å². The number of para-hydroxylation sites is 1. The number of rotatable bonds is 4. The predicted molar refractivity (Wildman–Crippen MR) is 82.9 cm³/mol. The molecule has 20 heavy (non-hydrogen) atoms. The lowest BCUT2D eigenvalue weighted by Gasteiger charge is -2.03. The lowest BCUT2D eigenvalue weighted by atomic mass is 10.1. The molecule has 2 rings (SSSR count). The standard InChI is InChI=1S/C10H14O.C7H13NO/c1-2-3-9-11-10-7-5-4-6-8-10;1-6-4-2-3-5-8-7(6)9/h4-8H,2-3,9H2,1H3;6H,2-5H2,1H3,(H,8,9). The molecule has 1 amide bonds. The zero-order valence-electron chi connectivity index (χ0n) is 12.7. The molecule has 1 fully saturated rings. The largest absolute Gasteiger partial charge is 0.494 e. The summed E-state index contributed by atoms with van der Waals surface area (Å²) < 4.78 is 5.45. The van der Waals surface area contributed by atoms with Crippen molar-refractivity contribution in [3.63, 3.8) is 0 Å². The Labute approximate surface area is 122 Å². The van der Waals surface area contributed by atoms with Gasteiger partial charge in [-0.05, 0) is 31.4 Å². The quantitative estimate of drug-likeness (QED) is 0.850. The van der Waals surface area contributed by atoms with E-state index in [0.717, 1.165) is 38.2 Å². The Morgan fingerprint density at radius 3 is 2.70 bits per heavy atom. The van der Waals surface area contributed by atoms with Gasteiger partial charge in [0.15, 0.2) is 0 Å². The van der Waals surface area contributed by atoms with E-state index in [1.54, 1.807) is 0 Å². The molecule has 1 aliphatic heterocycles. The van der Waals surface area contributed by atoms with E-state index >= 15 is 0 Å². The third-order valence-electron chi connectivity index (χ3n) is 3.32. The van der Waals surface area contributed by atoms with E-state index in [0.29, 0.717) is 0 Å². The van der Waals surface area contributed by atoms with Gasteiger partial charge < -0.3 is 10.1 Å². The third kappa shape index (κ3) is 7.17. The van der Waals surface area contributed by atoms with Crippen LogP contribution in [0.2, 0.25) is 0 Å². The van der Waals surface area contributed by atoms with Crippen molar-refractivity contribution in [1.82, 2.24) is 5.32 Å². The maximum absolute atomic E-state index is 10.9. The van der Waals surface area contributed by atoms with Crippen molar-refractivity contribution in [2.24, 2.45) is 5.92 Å². The minimum Gasteiger partial charge on any atom is -0.494 e. The Balaban J connectivity index is 0.000000204. The van der Waals surface area contributed by atoms with Crippen molar-refractivity contribution >= 4 is 5.91 Å². The van der Waals surface area contributed by atoms with Gasteiger partial charge in [-0.25, -0.2) is 0 Å². The van der Waals surface area contributed by atoms with Gasteiger partial charge in [-0.1, -0.05) is 44.9 Å². The zero-order chi connectivity index (χ0) is 14.6. The number of carbonyl (C=O) groups is 1. The maximum atomic E-state index is 10.9. The Bertz CT molecular complexity index is 365. The summed E-state index contributed by atoms with van der Waals surface area (Å²) in [4.78, 5) is 10.9. The molecule has 1 aromatic carbocycles. The Morgan fingerprint density at radius 1 is 1.25 bits per heavy atom. The number of benzene rings is 1. The van der Waals surface area contributed by atoms with Crippen LogP contribution in [0.1, 0.15) is 46.0 Å². The molecule has 3 nitrogen and oxygen atoms in total. The topological polar surface area (TPSA) is 38.3 Å². The summed E-state index contributed by atoms with van der Waals surface area (Å²) in [6.07, 6.45) is 5.73. The maximum Gasteiger partial charge on any atom is 0.222 e.